The summed E-state index contributed by atoms with van der Waals surface area (Å²) in [4.78, 5) is 13.5. The zero-order valence-corrected chi connectivity index (χ0v) is 10.3. The Morgan fingerprint density at radius 3 is 2.13 bits per heavy atom. The van der Waals surface area contributed by atoms with Crippen LogP contribution in [0.2, 0.25) is 0 Å². The molecule has 0 aliphatic heterocycles. The van der Waals surface area contributed by atoms with Crippen LogP contribution >= 0.6 is 0 Å². The number of rotatable bonds is 7. The average Bonchev–Trinajstić information content (AvgIpc) is 2.14. The van der Waals surface area contributed by atoms with Gasteiger partial charge < -0.3 is 4.90 Å². The molecule has 0 aromatic carbocycles. The van der Waals surface area contributed by atoms with Crippen LogP contribution in [-0.4, -0.2) is 43.0 Å². The van der Waals surface area contributed by atoms with E-state index in [1.165, 1.54) is 0 Å². The first-order valence-corrected chi connectivity index (χ1v) is 5.50. The van der Waals surface area contributed by atoms with Crippen LogP contribution in [0.5, 0.6) is 0 Å². The fraction of sp³-hybridized carbons (Fsp3) is 0.727. The zero-order chi connectivity index (χ0) is 11.7. The van der Waals surface area contributed by atoms with Gasteiger partial charge in [-0.2, -0.15) is 0 Å². The number of hydrogen-bond donors (Lipinski definition) is 1. The number of nitrogens with one attached hydrogen (secondary N) is 1. The summed E-state index contributed by atoms with van der Waals surface area (Å²) in [6, 6.07) is 0. The van der Waals surface area contributed by atoms with E-state index in [4.69, 9.17) is 0 Å². The Morgan fingerprint density at radius 1 is 1.20 bits per heavy atom. The third-order valence-electron chi connectivity index (χ3n) is 1.79. The normalized spacial score (nSPS) is 11.0. The van der Waals surface area contributed by atoms with Gasteiger partial charge in [-0.3, -0.25) is 10.2 Å². The molecule has 0 bridgehead atoms. The second kappa shape index (κ2) is 8.29. The lowest BCUT2D eigenvalue weighted by molar-refractivity contribution is -0.120. The van der Waals surface area contributed by atoms with Crippen LogP contribution in [0.4, 0.5) is 0 Å². The number of carbonyl (C=O) groups excluding carboxylic acids is 1. The molecule has 1 N–H and O–H groups in total. The minimum absolute atomic E-state index is 0.0859. The molecule has 0 aromatic rings. The number of amides is 1. The first-order valence-electron chi connectivity index (χ1n) is 5.50. The maximum atomic E-state index is 11.3. The maximum absolute atomic E-state index is 11.3. The molecule has 0 aliphatic carbocycles. The van der Waals surface area contributed by atoms with Crippen molar-refractivity contribution >= 4 is 5.91 Å². The van der Waals surface area contributed by atoms with Gasteiger partial charge >= 0.3 is 0 Å². The summed E-state index contributed by atoms with van der Waals surface area (Å²) in [5.41, 5.74) is 2.66. The van der Waals surface area contributed by atoms with Crippen LogP contribution in [-0.2, 0) is 4.79 Å². The highest BCUT2D eigenvalue weighted by molar-refractivity contribution is 5.86. The second-order valence-electron chi connectivity index (χ2n) is 3.72. The lowest BCUT2D eigenvalue weighted by atomic mass is 10.3. The smallest absolute Gasteiger partial charge is 0.259 e. The molecule has 0 aliphatic rings. The molecule has 0 rings (SSSR count). The molecule has 4 heteroatoms. The highest BCUT2D eigenvalue weighted by Crippen LogP contribution is 1.95. The number of hydrazine groups is 1. The lowest BCUT2D eigenvalue weighted by Gasteiger charge is -2.18. The van der Waals surface area contributed by atoms with E-state index in [2.05, 4.69) is 24.2 Å². The predicted octanol–water partition coefficient (Wildman–Crippen LogP) is 1.21. The highest BCUT2D eigenvalue weighted by atomic mass is 16.2. The van der Waals surface area contributed by atoms with Crippen LogP contribution in [0.25, 0.3) is 0 Å². The Kier molecular flexibility index (Phi) is 7.72. The third-order valence-corrected chi connectivity index (χ3v) is 1.79. The average molecular weight is 213 g/mol. The second-order valence-corrected chi connectivity index (χ2v) is 3.72. The van der Waals surface area contributed by atoms with Gasteiger partial charge in [-0.15, -0.1) is 0 Å². The summed E-state index contributed by atoms with van der Waals surface area (Å²) in [6.45, 7) is 6.27. The van der Waals surface area contributed by atoms with Crippen LogP contribution in [0.3, 0.4) is 0 Å². The van der Waals surface area contributed by atoms with E-state index < -0.39 is 0 Å². The van der Waals surface area contributed by atoms with E-state index in [9.17, 15) is 4.79 Å². The molecule has 0 unspecified atom stereocenters. The fourth-order valence-electron chi connectivity index (χ4n) is 1.27. The molecule has 15 heavy (non-hydrogen) atoms. The van der Waals surface area contributed by atoms with Crippen molar-refractivity contribution in [2.45, 2.75) is 26.7 Å². The molecule has 0 radical (unpaired) electrons. The van der Waals surface area contributed by atoms with E-state index in [1.807, 2.05) is 6.20 Å². The van der Waals surface area contributed by atoms with Gasteiger partial charge in [0.25, 0.3) is 5.91 Å². The summed E-state index contributed by atoms with van der Waals surface area (Å²) in [6.07, 6.45) is 5.64. The fourth-order valence-corrected chi connectivity index (χ4v) is 1.27. The molecule has 0 heterocycles. The highest BCUT2D eigenvalue weighted by Gasteiger charge is 1.98. The summed E-state index contributed by atoms with van der Waals surface area (Å²) in [5.74, 6) is -0.0859. The predicted molar refractivity (Wildman–Crippen MR) is 63.1 cm³/mol. The van der Waals surface area contributed by atoms with Crippen molar-refractivity contribution in [1.29, 1.82) is 0 Å². The van der Waals surface area contributed by atoms with Crippen molar-refractivity contribution in [3.8, 4) is 0 Å². The molecule has 1 amide bonds. The van der Waals surface area contributed by atoms with Crippen molar-refractivity contribution in [2.24, 2.45) is 0 Å². The van der Waals surface area contributed by atoms with Crippen LogP contribution in [0, 0.1) is 0 Å². The van der Waals surface area contributed by atoms with Crippen molar-refractivity contribution in [1.82, 2.24) is 15.3 Å². The quantitative estimate of drug-likeness (QED) is 0.510. The van der Waals surface area contributed by atoms with Crippen molar-refractivity contribution in [3.05, 3.63) is 12.3 Å². The maximum Gasteiger partial charge on any atom is 0.259 e. The SMILES string of the molecule is CCCN(C=CC(=O)NN(C)C)CCC. The molecule has 0 saturated carbocycles. The lowest BCUT2D eigenvalue weighted by Crippen LogP contribution is -2.35. The van der Waals surface area contributed by atoms with Crippen LogP contribution in [0.1, 0.15) is 26.7 Å². The number of carbonyl (C=O) groups is 1. The topological polar surface area (TPSA) is 35.6 Å². The minimum Gasteiger partial charge on any atom is -0.377 e. The molecule has 0 atom stereocenters. The summed E-state index contributed by atoms with van der Waals surface area (Å²) >= 11 is 0. The Hall–Kier alpha value is -1.03. The summed E-state index contributed by atoms with van der Waals surface area (Å²) < 4.78 is 0. The monoisotopic (exact) mass is 213 g/mol. The van der Waals surface area contributed by atoms with E-state index in [0.29, 0.717) is 0 Å². The van der Waals surface area contributed by atoms with E-state index >= 15 is 0 Å². The largest absolute Gasteiger partial charge is 0.377 e. The van der Waals surface area contributed by atoms with Gasteiger partial charge in [-0.1, -0.05) is 13.8 Å². The molecule has 0 fully saturated rings. The Labute approximate surface area is 92.9 Å². The molecule has 0 aromatic heterocycles. The molecule has 88 valence electrons. The molecular weight excluding hydrogens is 190 g/mol. The Morgan fingerprint density at radius 2 is 1.73 bits per heavy atom. The first-order chi connectivity index (χ1) is 7.10. The first kappa shape index (κ1) is 14.0. The van der Waals surface area contributed by atoms with Gasteiger partial charge in [0, 0.05) is 39.5 Å². The van der Waals surface area contributed by atoms with Crippen molar-refractivity contribution in [3.63, 3.8) is 0 Å². The number of hydrogen-bond acceptors (Lipinski definition) is 3. The van der Waals surface area contributed by atoms with Gasteiger partial charge in [0.15, 0.2) is 0 Å². The van der Waals surface area contributed by atoms with Crippen molar-refractivity contribution < 1.29 is 4.79 Å². The summed E-state index contributed by atoms with van der Waals surface area (Å²) in [5, 5.41) is 1.64. The van der Waals surface area contributed by atoms with Crippen LogP contribution < -0.4 is 5.43 Å². The van der Waals surface area contributed by atoms with Gasteiger partial charge in [0.05, 0.1) is 0 Å². The van der Waals surface area contributed by atoms with E-state index in [-0.39, 0.29) is 5.91 Å². The Bertz CT molecular complexity index is 196. The van der Waals surface area contributed by atoms with E-state index in [0.717, 1.165) is 25.9 Å². The van der Waals surface area contributed by atoms with Gasteiger partial charge in [0.1, 0.15) is 0 Å². The zero-order valence-electron chi connectivity index (χ0n) is 10.3. The van der Waals surface area contributed by atoms with Gasteiger partial charge in [-0.05, 0) is 12.8 Å². The van der Waals surface area contributed by atoms with Gasteiger partial charge in [0.2, 0.25) is 0 Å². The summed E-state index contributed by atoms with van der Waals surface area (Å²) in [7, 11) is 3.59. The Balaban J connectivity index is 4.01. The molecule has 0 spiro atoms. The minimum atomic E-state index is -0.0859. The van der Waals surface area contributed by atoms with E-state index in [1.54, 1.807) is 25.2 Å². The molecular formula is C11H23N3O. The standard InChI is InChI=1S/C11H23N3O/c1-5-8-14(9-6-2)10-7-11(15)12-13(3)4/h7,10H,5-6,8-9H2,1-4H3,(H,12,15). The van der Waals surface area contributed by atoms with Crippen molar-refractivity contribution in [2.75, 3.05) is 27.2 Å². The number of nitrogens with zero attached hydrogens (tertiary/aromatic N) is 2. The molecule has 4 nitrogen and oxygen atoms in total. The van der Waals surface area contributed by atoms with Gasteiger partial charge in [-0.25, -0.2) is 5.01 Å². The molecule has 0 saturated heterocycles. The third kappa shape index (κ3) is 8.00. The van der Waals surface area contributed by atoms with Crippen LogP contribution in [0.15, 0.2) is 12.3 Å².